The fourth-order valence-corrected chi connectivity index (χ4v) is 3.32. The Balaban J connectivity index is 1.65. The first-order chi connectivity index (χ1) is 12.0. The predicted molar refractivity (Wildman–Crippen MR) is 93.7 cm³/mol. The summed E-state index contributed by atoms with van der Waals surface area (Å²) in [6, 6.07) is 14.1. The summed E-state index contributed by atoms with van der Waals surface area (Å²) in [5, 5.41) is 9.08. The maximum Gasteiger partial charge on any atom is 0.335 e. The van der Waals surface area contributed by atoms with Crippen LogP contribution in [0.5, 0.6) is 5.75 Å². The normalized spacial score (nSPS) is 17.2. The van der Waals surface area contributed by atoms with Crippen molar-refractivity contribution >= 4 is 5.97 Å². The molecule has 5 heteroatoms. The highest BCUT2D eigenvalue weighted by Gasteiger charge is 2.36. The Hall–Kier alpha value is -2.40. The Morgan fingerprint density at radius 2 is 1.92 bits per heavy atom. The fraction of sp³-hybridized carbons (Fsp3) is 0.350. The number of hydrogen-bond acceptors (Lipinski definition) is 3. The third kappa shape index (κ3) is 3.99. The van der Waals surface area contributed by atoms with E-state index in [1.165, 1.54) is 0 Å². The van der Waals surface area contributed by atoms with E-state index in [4.69, 9.17) is 9.84 Å². The van der Waals surface area contributed by atoms with Crippen molar-refractivity contribution in [2.75, 3.05) is 20.2 Å². The molecule has 0 radical (unpaired) electrons. The summed E-state index contributed by atoms with van der Waals surface area (Å²) in [6.45, 7) is 1.89. The van der Waals surface area contributed by atoms with Gasteiger partial charge in [-0.15, -0.1) is 0 Å². The van der Waals surface area contributed by atoms with E-state index >= 15 is 4.39 Å². The van der Waals surface area contributed by atoms with Crippen molar-refractivity contribution in [1.29, 1.82) is 0 Å². The molecule has 1 fully saturated rings. The Kier molecular flexibility index (Phi) is 5.04. The molecule has 0 saturated carbocycles. The molecule has 3 rings (SSSR count). The number of benzene rings is 2. The van der Waals surface area contributed by atoms with Crippen LogP contribution in [-0.4, -0.2) is 36.2 Å². The van der Waals surface area contributed by atoms with Gasteiger partial charge in [-0.3, -0.25) is 4.90 Å². The average molecular weight is 343 g/mol. The van der Waals surface area contributed by atoms with Gasteiger partial charge in [0.2, 0.25) is 0 Å². The number of rotatable bonds is 5. The molecule has 0 atom stereocenters. The minimum absolute atomic E-state index is 0.283. The zero-order valence-corrected chi connectivity index (χ0v) is 14.2. The summed E-state index contributed by atoms with van der Waals surface area (Å²) in [4.78, 5) is 13.2. The van der Waals surface area contributed by atoms with Crippen LogP contribution in [0, 0.1) is 0 Å². The van der Waals surface area contributed by atoms with Crippen LogP contribution in [-0.2, 0) is 12.2 Å². The first-order valence-corrected chi connectivity index (χ1v) is 8.38. The molecule has 2 aromatic carbocycles. The summed E-state index contributed by atoms with van der Waals surface area (Å²) in [7, 11) is 1.58. The van der Waals surface area contributed by atoms with Gasteiger partial charge in [0.1, 0.15) is 11.4 Å². The first kappa shape index (κ1) is 17.4. The number of carboxylic acid groups (broad SMARTS) is 1. The number of halogens is 1. The lowest BCUT2D eigenvalue weighted by Crippen LogP contribution is -2.39. The molecule has 0 aliphatic carbocycles. The number of likely N-dealkylation sites (tertiary alicyclic amines) is 1. The molecule has 0 unspecified atom stereocenters. The van der Waals surface area contributed by atoms with Crippen LogP contribution in [0.3, 0.4) is 0 Å². The van der Waals surface area contributed by atoms with Crippen LogP contribution < -0.4 is 4.74 Å². The van der Waals surface area contributed by atoms with Gasteiger partial charge in [0.25, 0.3) is 0 Å². The van der Waals surface area contributed by atoms with Crippen LogP contribution in [0.15, 0.2) is 48.5 Å². The molecule has 0 aromatic heterocycles. The van der Waals surface area contributed by atoms with Crippen molar-refractivity contribution in [3.8, 4) is 5.75 Å². The molecule has 0 amide bonds. The van der Waals surface area contributed by atoms with Crippen molar-refractivity contribution < 1.29 is 19.0 Å². The molecule has 1 aliphatic heterocycles. The van der Waals surface area contributed by atoms with E-state index in [1.54, 1.807) is 31.4 Å². The molecule has 1 saturated heterocycles. The monoisotopic (exact) mass is 343 g/mol. The highest BCUT2D eigenvalue weighted by Crippen LogP contribution is 2.38. The van der Waals surface area contributed by atoms with Crippen LogP contribution in [0.2, 0.25) is 0 Å². The number of piperidine rings is 1. The highest BCUT2D eigenvalue weighted by molar-refractivity contribution is 5.87. The predicted octanol–water partition coefficient (Wildman–Crippen LogP) is 3.85. The lowest BCUT2D eigenvalue weighted by molar-refractivity contribution is 0.0524. The smallest absolute Gasteiger partial charge is 0.335 e. The number of carbonyl (C=O) groups is 1. The molecule has 2 aromatic rings. The number of methoxy groups -OCH3 is 1. The van der Waals surface area contributed by atoms with Crippen molar-refractivity contribution in [2.45, 2.75) is 25.1 Å². The van der Waals surface area contributed by atoms with Gasteiger partial charge in [0.05, 0.1) is 12.7 Å². The maximum absolute atomic E-state index is 15.3. The van der Waals surface area contributed by atoms with Gasteiger partial charge in [0, 0.05) is 19.6 Å². The van der Waals surface area contributed by atoms with Gasteiger partial charge >= 0.3 is 5.97 Å². The number of carboxylic acids is 1. The largest absolute Gasteiger partial charge is 0.497 e. The highest BCUT2D eigenvalue weighted by atomic mass is 19.1. The number of hydrogen-bond donors (Lipinski definition) is 1. The van der Waals surface area contributed by atoms with E-state index in [0.717, 1.165) is 5.56 Å². The molecule has 25 heavy (non-hydrogen) atoms. The van der Waals surface area contributed by atoms with Crippen molar-refractivity contribution in [2.24, 2.45) is 0 Å². The Morgan fingerprint density at radius 1 is 1.20 bits per heavy atom. The second-order valence-electron chi connectivity index (χ2n) is 6.48. The van der Waals surface area contributed by atoms with Gasteiger partial charge in [-0.05, 0) is 48.2 Å². The van der Waals surface area contributed by atoms with Crippen LogP contribution >= 0.6 is 0 Å². The van der Waals surface area contributed by atoms with Gasteiger partial charge in [-0.2, -0.15) is 0 Å². The maximum atomic E-state index is 15.3. The minimum Gasteiger partial charge on any atom is -0.497 e. The van der Waals surface area contributed by atoms with Gasteiger partial charge < -0.3 is 9.84 Å². The number of alkyl halides is 1. The number of ether oxygens (including phenoxy) is 1. The Labute approximate surface area is 146 Å². The molecule has 1 N–H and O–H groups in total. The van der Waals surface area contributed by atoms with Crippen molar-refractivity contribution in [3.05, 3.63) is 65.2 Å². The summed E-state index contributed by atoms with van der Waals surface area (Å²) in [5.41, 5.74) is 0.547. The van der Waals surface area contributed by atoms with Crippen LogP contribution in [0.25, 0.3) is 0 Å². The molecule has 4 nitrogen and oxygen atoms in total. The molecular formula is C20H22FNO3. The zero-order valence-electron chi connectivity index (χ0n) is 14.2. The summed E-state index contributed by atoms with van der Waals surface area (Å²) >= 11 is 0. The summed E-state index contributed by atoms with van der Waals surface area (Å²) < 4.78 is 20.5. The van der Waals surface area contributed by atoms with E-state index in [2.05, 4.69) is 4.90 Å². The minimum atomic E-state index is -1.34. The third-order valence-electron chi connectivity index (χ3n) is 4.82. The molecular weight excluding hydrogens is 321 g/mol. The Morgan fingerprint density at radius 3 is 2.60 bits per heavy atom. The van der Waals surface area contributed by atoms with Crippen LogP contribution in [0.1, 0.15) is 34.3 Å². The first-order valence-electron chi connectivity index (χ1n) is 8.38. The van der Waals surface area contributed by atoms with Crippen LogP contribution in [0.4, 0.5) is 4.39 Å². The standard InChI is InChI=1S/C20H22FNO3/c1-25-18-7-3-6-17(13-18)20(21)8-10-22(11-9-20)14-15-4-2-5-16(12-15)19(23)24/h2-7,12-13H,8-11,14H2,1H3,(H,23,24). The fourth-order valence-electron chi connectivity index (χ4n) is 3.32. The quantitative estimate of drug-likeness (QED) is 0.896. The Bertz CT molecular complexity index is 754. The van der Waals surface area contributed by atoms with Crippen molar-refractivity contribution in [1.82, 2.24) is 4.90 Å². The topological polar surface area (TPSA) is 49.8 Å². The van der Waals surface area contributed by atoms with Gasteiger partial charge in [-0.25, -0.2) is 9.18 Å². The zero-order chi connectivity index (χ0) is 17.9. The van der Waals surface area contributed by atoms with E-state index in [-0.39, 0.29) is 5.56 Å². The lowest BCUT2D eigenvalue weighted by atomic mass is 9.86. The average Bonchev–Trinajstić information content (AvgIpc) is 2.64. The SMILES string of the molecule is COc1cccc(C2(F)CCN(Cc3cccc(C(=O)O)c3)CC2)c1. The van der Waals surface area contributed by atoms with E-state index in [1.807, 2.05) is 24.3 Å². The van der Waals surface area contributed by atoms with E-state index < -0.39 is 11.6 Å². The van der Waals surface area contributed by atoms with E-state index in [9.17, 15) is 4.79 Å². The summed E-state index contributed by atoms with van der Waals surface area (Å²) in [6.07, 6.45) is 0.831. The molecule has 0 spiro atoms. The third-order valence-corrected chi connectivity index (χ3v) is 4.82. The van der Waals surface area contributed by atoms with Gasteiger partial charge in [0.15, 0.2) is 0 Å². The number of aromatic carboxylic acids is 1. The van der Waals surface area contributed by atoms with Crippen molar-refractivity contribution in [3.63, 3.8) is 0 Å². The molecule has 132 valence electrons. The molecule has 1 aliphatic rings. The van der Waals surface area contributed by atoms with Gasteiger partial charge in [-0.1, -0.05) is 24.3 Å². The second kappa shape index (κ2) is 7.23. The van der Waals surface area contributed by atoms with E-state index in [0.29, 0.717) is 43.8 Å². The molecule has 1 heterocycles. The molecule has 0 bridgehead atoms. The number of nitrogens with zero attached hydrogens (tertiary/aromatic N) is 1. The second-order valence-corrected chi connectivity index (χ2v) is 6.48. The summed E-state index contributed by atoms with van der Waals surface area (Å²) in [5.74, 6) is -0.260. The lowest BCUT2D eigenvalue weighted by Gasteiger charge is -2.36.